The van der Waals surface area contributed by atoms with Crippen molar-refractivity contribution < 1.29 is 39.8 Å². The molecule has 84 heavy (non-hydrogen) atoms. The molecule has 9 nitrogen and oxygen atoms in total. The number of unbranched alkanes of at least 4 members (excludes halogenated alkanes) is 31. The van der Waals surface area contributed by atoms with E-state index in [1.54, 1.807) is 6.08 Å². The Morgan fingerprint density at radius 3 is 1.08 bits per heavy atom. The molecule has 1 aliphatic rings. The van der Waals surface area contributed by atoms with E-state index >= 15 is 0 Å². The fraction of sp³-hybridized carbons (Fsp3) is 0.720. The molecule has 1 aliphatic heterocycles. The fourth-order valence-electron chi connectivity index (χ4n) is 10.4. The molecular weight excluding hydrogens is 1040 g/mol. The average molecular weight is 1170 g/mol. The first-order valence-electron chi connectivity index (χ1n) is 34.8. The summed E-state index contributed by atoms with van der Waals surface area (Å²) in [6, 6.07) is -0.847. The van der Waals surface area contributed by atoms with Crippen molar-refractivity contribution in [1.82, 2.24) is 5.32 Å². The van der Waals surface area contributed by atoms with Crippen LogP contribution in [-0.2, 0) is 14.3 Å². The van der Waals surface area contributed by atoms with Gasteiger partial charge in [-0.15, -0.1) is 0 Å². The summed E-state index contributed by atoms with van der Waals surface area (Å²) >= 11 is 0. The molecule has 1 heterocycles. The van der Waals surface area contributed by atoms with Gasteiger partial charge in [0.2, 0.25) is 5.91 Å². The zero-order valence-corrected chi connectivity index (χ0v) is 53.9. The van der Waals surface area contributed by atoms with E-state index in [-0.39, 0.29) is 18.9 Å². The minimum atomic E-state index is -1.59. The first kappa shape index (κ1) is 78.6. The maximum atomic E-state index is 13.1. The smallest absolute Gasteiger partial charge is 0.220 e. The number of ether oxygens (including phenoxy) is 2. The van der Waals surface area contributed by atoms with Crippen LogP contribution >= 0.6 is 0 Å². The molecule has 0 aliphatic carbocycles. The molecule has 0 saturated carbocycles. The molecule has 0 aromatic heterocycles. The van der Waals surface area contributed by atoms with E-state index in [0.717, 1.165) is 83.5 Å². The molecular formula is C75H129NO8. The van der Waals surface area contributed by atoms with Gasteiger partial charge in [0.05, 0.1) is 25.4 Å². The second kappa shape index (κ2) is 62.6. The third kappa shape index (κ3) is 50.7. The second-order valence-electron chi connectivity index (χ2n) is 23.6. The topological polar surface area (TPSA) is 149 Å². The maximum absolute atomic E-state index is 13.1. The third-order valence-corrected chi connectivity index (χ3v) is 15.8. The van der Waals surface area contributed by atoms with Crippen LogP contribution in [0.5, 0.6) is 0 Å². The molecule has 9 heteroatoms. The summed E-state index contributed by atoms with van der Waals surface area (Å²) in [4.78, 5) is 13.1. The molecule has 7 atom stereocenters. The summed E-state index contributed by atoms with van der Waals surface area (Å²) in [5, 5.41) is 54.7. The van der Waals surface area contributed by atoms with Crippen LogP contribution in [0.15, 0.2) is 122 Å². The molecule has 0 aromatic carbocycles. The van der Waals surface area contributed by atoms with E-state index in [2.05, 4.69) is 129 Å². The van der Waals surface area contributed by atoms with Crippen LogP contribution in [0.3, 0.4) is 0 Å². The Hall–Kier alpha value is -3.41. The monoisotopic (exact) mass is 1170 g/mol. The standard InChI is InChI=1S/C75H129NO8/c1-3-5-7-9-11-13-15-17-19-21-23-25-27-29-31-33-34-35-37-38-40-42-44-46-48-50-52-54-56-58-60-62-64-69(78)68(67-83-75-74(82)73(81)72(80)70(66-77)84-75)76-71(79)65-63-61-59-57-55-53-51-49-47-45-43-41-39-36-32-30-28-26-24-22-20-18-16-14-12-10-8-6-4-2/h6,8,12,14,18,20,24,26,30,32,39,41,45,47,51,53,57,59,62,64,68-70,72-75,77-78,80-82H,3-5,7,9-11,13,15-17,19,21-23,25,27-29,31,33-38,40,42-44,46,48-50,52,54-56,58,60-61,63,65-67H2,1-2H3,(H,76,79)/b8-6-,14-12-,20-18-,26-24-,32-30-,41-39-,47-45-,53-51-,59-57-,64-62+. The zero-order valence-electron chi connectivity index (χ0n) is 53.9. The number of carbonyl (C=O) groups excluding carboxylic acids is 1. The van der Waals surface area contributed by atoms with E-state index in [9.17, 15) is 30.3 Å². The van der Waals surface area contributed by atoms with Crippen molar-refractivity contribution in [2.24, 2.45) is 0 Å². The van der Waals surface area contributed by atoms with Crippen molar-refractivity contribution >= 4 is 5.91 Å². The Morgan fingerprint density at radius 2 is 0.738 bits per heavy atom. The Morgan fingerprint density at radius 1 is 0.417 bits per heavy atom. The molecule has 1 fully saturated rings. The van der Waals surface area contributed by atoms with Crippen LogP contribution in [0.2, 0.25) is 0 Å². The van der Waals surface area contributed by atoms with Gasteiger partial charge < -0.3 is 40.3 Å². The number of rotatable bonds is 59. The first-order valence-corrected chi connectivity index (χ1v) is 34.8. The van der Waals surface area contributed by atoms with E-state index in [4.69, 9.17) is 9.47 Å². The number of nitrogens with one attached hydrogen (secondary N) is 1. The summed E-state index contributed by atoms with van der Waals surface area (Å²) in [7, 11) is 0. The average Bonchev–Trinajstić information content (AvgIpc) is 3.69. The number of amides is 1. The van der Waals surface area contributed by atoms with Crippen molar-refractivity contribution in [1.29, 1.82) is 0 Å². The highest BCUT2D eigenvalue weighted by atomic mass is 16.7. The SMILES string of the molecule is CC/C=C\C/C=C\C/C=C\C/C=C\C/C=C\C/C=C\C/C=C\C/C=C\C/C=C\CCCC(=O)NC(COC1OC(CO)C(O)C(O)C1O)C(O)/C=C/CCCCCCCCCCCCCCCCCCCCCCCCCCCCCCCC. The fourth-order valence-corrected chi connectivity index (χ4v) is 10.4. The van der Waals surface area contributed by atoms with Crippen LogP contribution in [0.25, 0.3) is 0 Å². The van der Waals surface area contributed by atoms with Gasteiger partial charge in [-0.1, -0.05) is 322 Å². The van der Waals surface area contributed by atoms with E-state index < -0.39 is 49.5 Å². The van der Waals surface area contributed by atoms with Gasteiger partial charge in [-0.2, -0.15) is 0 Å². The summed E-state index contributed by atoms with van der Waals surface area (Å²) in [5.41, 5.74) is 0. The minimum Gasteiger partial charge on any atom is -0.394 e. The lowest BCUT2D eigenvalue weighted by molar-refractivity contribution is -0.302. The number of allylic oxidation sites excluding steroid dienone is 19. The van der Waals surface area contributed by atoms with Crippen LogP contribution in [-0.4, -0.2) is 87.5 Å². The number of carbonyl (C=O) groups is 1. The lowest BCUT2D eigenvalue weighted by atomic mass is 9.99. The van der Waals surface area contributed by atoms with Gasteiger partial charge in [-0.05, 0) is 83.5 Å². The summed E-state index contributed by atoms with van der Waals surface area (Å²) < 4.78 is 11.3. The Labute approximate surface area is 516 Å². The van der Waals surface area contributed by atoms with Crippen LogP contribution in [0.4, 0.5) is 0 Å². The van der Waals surface area contributed by atoms with Crippen molar-refractivity contribution in [3.8, 4) is 0 Å². The summed E-state index contributed by atoms with van der Waals surface area (Å²) in [6.45, 7) is 3.65. The van der Waals surface area contributed by atoms with E-state index in [1.807, 2.05) is 6.08 Å². The third-order valence-electron chi connectivity index (χ3n) is 15.8. The normalized spacial score (nSPS) is 19.0. The van der Waals surface area contributed by atoms with Gasteiger partial charge >= 0.3 is 0 Å². The summed E-state index contributed by atoms with van der Waals surface area (Å²) in [5.74, 6) is -0.236. The molecule has 7 unspecified atom stereocenters. The van der Waals surface area contributed by atoms with Gasteiger partial charge in [-0.3, -0.25) is 4.79 Å². The minimum absolute atomic E-state index is 0.219. The highest BCUT2D eigenvalue weighted by Crippen LogP contribution is 2.23. The molecule has 6 N–H and O–H groups in total. The second-order valence-corrected chi connectivity index (χ2v) is 23.6. The Balaban J connectivity index is 2.20. The van der Waals surface area contributed by atoms with Crippen molar-refractivity contribution in [3.63, 3.8) is 0 Å². The van der Waals surface area contributed by atoms with E-state index in [0.29, 0.717) is 6.42 Å². The predicted octanol–water partition coefficient (Wildman–Crippen LogP) is 19.0. The van der Waals surface area contributed by atoms with Gasteiger partial charge in [0.15, 0.2) is 6.29 Å². The molecule has 0 radical (unpaired) electrons. The highest BCUT2D eigenvalue weighted by Gasteiger charge is 2.44. The molecule has 1 saturated heterocycles. The number of aliphatic hydroxyl groups excluding tert-OH is 5. The maximum Gasteiger partial charge on any atom is 0.220 e. The van der Waals surface area contributed by atoms with Crippen molar-refractivity contribution in [2.75, 3.05) is 13.2 Å². The molecule has 0 bridgehead atoms. The van der Waals surface area contributed by atoms with Crippen LogP contribution in [0.1, 0.15) is 290 Å². The quantitative estimate of drug-likeness (QED) is 0.0261. The van der Waals surface area contributed by atoms with Gasteiger partial charge in [0.1, 0.15) is 24.4 Å². The lowest BCUT2D eigenvalue weighted by Crippen LogP contribution is -2.60. The van der Waals surface area contributed by atoms with Crippen molar-refractivity contribution in [2.45, 2.75) is 333 Å². The highest BCUT2D eigenvalue weighted by molar-refractivity contribution is 5.76. The lowest BCUT2D eigenvalue weighted by Gasteiger charge is -2.40. The molecule has 1 rings (SSSR count). The van der Waals surface area contributed by atoms with Crippen molar-refractivity contribution in [3.05, 3.63) is 122 Å². The van der Waals surface area contributed by atoms with Gasteiger partial charge in [0, 0.05) is 6.42 Å². The van der Waals surface area contributed by atoms with Gasteiger partial charge in [0.25, 0.3) is 0 Å². The van der Waals surface area contributed by atoms with Crippen LogP contribution in [0, 0.1) is 0 Å². The molecule has 1 amide bonds. The van der Waals surface area contributed by atoms with Gasteiger partial charge in [-0.25, -0.2) is 0 Å². The zero-order chi connectivity index (χ0) is 60.7. The summed E-state index contributed by atoms with van der Waals surface area (Å²) in [6.07, 6.45) is 87.3. The Kier molecular flexibility index (Phi) is 58.6. The number of hydrogen-bond donors (Lipinski definition) is 6. The molecule has 482 valence electrons. The molecule has 0 spiro atoms. The first-order chi connectivity index (χ1) is 41.3. The Bertz CT molecular complexity index is 1740. The van der Waals surface area contributed by atoms with Crippen LogP contribution < -0.4 is 5.32 Å². The largest absolute Gasteiger partial charge is 0.394 e. The van der Waals surface area contributed by atoms with E-state index in [1.165, 1.54) is 180 Å². The number of aliphatic hydroxyl groups is 5. The predicted molar refractivity (Wildman–Crippen MR) is 359 cm³/mol. The molecule has 0 aromatic rings. The number of hydrogen-bond acceptors (Lipinski definition) is 8.